The van der Waals surface area contributed by atoms with Gasteiger partial charge in [0.15, 0.2) is 0 Å². The molecule has 1 fully saturated rings. The average Bonchev–Trinajstić information content (AvgIpc) is 2.26. The molecule has 1 aliphatic heterocycles. The molecule has 16 heavy (non-hydrogen) atoms. The molecule has 1 heterocycles. The molecule has 6 heteroatoms. The topological polar surface area (TPSA) is 98.2 Å². The number of hydrogen-bond donors (Lipinski definition) is 3. The first kappa shape index (κ1) is 13.3. The van der Waals surface area contributed by atoms with Crippen LogP contribution in [0.1, 0.15) is 19.3 Å². The molecular formula is C10H19N3O2S. The van der Waals surface area contributed by atoms with Crippen molar-refractivity contribution in [2.24, 2.45) is 17.4 Å². The summed E-state index contributed by atoms with van der Waals surface area (Å²) in [5, 5.41) is 2.78. The van der Waals surface area contributed by atoms with Crippen molar-refractivity contribution in [3.05, 3.63) is 0 Å². The summed E-state index contributed by atoms with van der Waals surface area (Å²) >= 11 is 1.95. The molecule has 1 rings (SSSR count). The average molecular weight is 245 g/mol. The lowest BCUT2D eigenvalue weighted by Gasteiger charge is -2.22. The zero-order valence-electron chi connectivity index (χ0n) is 9.28. The lowest BCUT2D eigenvalue weighted by molar-refractivity contribution is -0.126. The number of hydrogen-bond acceptors (Lipinski definition) is 4. The molecule has 5 N–H and O–H groups in total. The first-order chi connectivity index (χ1) is 7.59. The van der Waals surface area contributed by atoms with E-state index in [0.29, 0.717) is 12.5 Å². The Balaban J connectivity index is 2.20. The van der Waals surface area contributed by atoms with Gasteiger partial charge in [0.2, 0.25) is 11.8 Å². The number of rotatable bonds is 5. The van der Waals surface area contributed by atoms with E-state index in [-0.39, 0.29) is 12.3 Å². The summed E-state index contributed by atoms with van der Waals surface area (Å²) in [6.45, 7) is 0.659. The highest BCUT2D eigenvalue weighted by Gasteiger charge is 2.18. The van der Waals surface area contributed by atoms with Crippen LogP contribution < -0.4 is 16.8 Å². The maximum atomic E-state index is 11.5. The largest absolute Gasteiger partial charge is 0.370 e. The molecule has 0 bridgehead atoms. The van der Waals surface area contributed by atoms with E-state index in [1.165, 1.54) is 0 Å². The Morgan fingerprint density at radius 3 is 2.56 bits per heavy atom. The molecule has 1 saturated heterocycles. The van der Waals surface area contributed by atoms with Crippen LogP contribution in [0.4, 0.5) is 0 Å². The molecule has 2 amide bonds. The number of thioether (sulfide) groups is 1. The Kier molecular flexibility index (Phi) is 5.62. The van der Waals surface area contributed by atoms with Gasteiger partial charge in [0.1, 0.15) is 0 Å². The summed E-state index contributed by atoms with van der Waals surface area (Å²) in [5.74, 6) is 2.04. The zero-order chi connectivity index (χ0) is 12.0. The van der Waals surface area contributed by atoms with Crippen molar-refractivity contribution >= 4 is 23.6 Å². The van der Waals surface area contributed by atoms with Crippen molar-refractivity contribution < 1.29 is 9.59 Å². The number of nitrogens with one attached hydrogen (secondary N) is 1. The van der Waals surface area contributed by atoms with Gasteiger partial charge in [0.25, 0.3) is 0 Å². The molecule has 5 nitrogen and oxygen atoms in total. The molecule has 0 saturated carbocycles. The molecule has 1 unspecified atom stereocenters. The smallest absolute Gasteiger partial charge is 0.237 e. The molecule has 0 aromatic heterocycles. The van der Waals surface area contributed by atoms with Gasteiger partial charge in [-0.25, -0.2) is 0 Å². The number of amides is 2. The SMILES string of the molecule is NC(=O)CC(N)C(=O)NCC1CCSCC1. The predicted molar refractivity (Wildman–Crippen MR) is 64.8 cm³/mol. The van der Waals surface area contributed by atoms with Gasteiger partial charge in [-0.05, 0) is 30.3 Å². The van der Waals surface area contributed by atoms with Crippen molar-refractivity contribution in [2.45, 2.75) is 25.3 Å². The van der Waals surface area contributed by atoms with Crippen LogP contribution >= 0.6 is 11.8 Å². The standard InChI is InChI=1S/C10H19N3O2S/c11-8(5-9(12)14)10(15)13-6-7-1-3-16-4-2-7/h7-8H,1-6,11H2,(H2,12,14)(H,13,15). The summed E-state index contributed by atoms with van der Waals surface area (Å²) in [6, 6.07) is -0.810. The molecule has 1 atom stereocenters. The lowest BCUT2D eigenvalue weighted by atomic mass is 10.0. The Hall–Kier alpha value is -0.750. The summed E-state index contributed by atoms with van der Waals surface area (Å²) in [4.78, 5) is 22.1. The highest BCUT2D eigenvalue weighted by molar-refractivity contribution is 7.99. The fraction of sp³-hybridized carbons (Fsp3) is 0.800. The second-order valence-corrected chi connectivity index (χ2v) is 5.30. The van der Waals surface area contributed by atoms with Crippen LogP contribution in [0.5, 0.6) is 0 Å². The van der Waals surface area contributed by atoms with Crippen LogP contribution in [0.3, 0.4) is 0 Å². The minimum atomic E-state index is -0.810. The Morgan fingerprint density at radius 2 is 2.00 bits per heavy atom. The van der Waals surface area contributed by atoms with Gasteiger partial charge >= 0.3 is 0 Å². The van der Waals surface area contributed by atoms with E-state index in [0.717, 1.165) is 24.3 Å². The van der Waals surface area contributed by atoms with Crippen molar-refractivity contribution in [1.29, 1.82) is 0 Å². The van der Waals surface area contributed by atoms with Gasteiger partial charge < -0.3 is 16.8 Å². The molecule has 1 aliphatic rings. The molecule has 0 aromatic carbocycles. The minimum Gasteiger partial charge on any atom is -0.370 e. The lowest BCUT2D eigenvalue weighted by Crippen LogP contribution is -2.44. The fourth-order valence-corrected chi connectivity index (χ4v) is 2.84. The number of carbonyl (C=O) groups excluding carboxylic acids is 2. The van der Waals surface area contributed by atoms with E-state index in [1.807, 2.05) is 11.8 Å². The molecule has 0 aliphatic carbocycles. The quantitative estimate of drug-likeness (QED) is 0.605. The van der Waals surface area contributed by atoms with E-state index in [4.69, 9.17) is 11.5 Å². The van der Waals surface area contributed by atoms with Crippen LogP contribution in [-0.4, -0.2) is 35.9 Å². The number of primary amides is 1. The zero-order valence-corrected chi connectivity index (χ0v) is 10.1. The molecule has 0 aromatic rings. The Labute approximate surface area is 99.7 Å². The minimum absolute atomic E-state index is 0.0909. The first-order valence-corrected chi connectivity index (χ1v) is 6.64. The summed E-state index contributed by atoms with van der Waals surface area (Å²) < 4.78 is 0. The van der Waals surface area contributed by atoms with Gasteiger partial charge in [-0.1, -0.05) is 0 Å². The second-order valence-electron chi connectivity index (χ2n) is 4.08. The maximum Gasteiger partial charge on any atom is 0.237 e. The summed E-state index contributed by atoms with van der Waals surface area (Å²) in [6.07, 6.45) is 2.18. The van der Waals surface area contributed by atoms with Gasteiger partial charge in [-0.2, -0.15) is 11.8 Å². The predicted octanol–water partition coefficient (Wildman–Crippen LogP) is -0.552. The van der Waals surface area contributed by atoms with Crippen molar-refractivity contribution in [3.63, 3.8) is 0 Å². The van der Waals surface area contributed by atoms with Crippen LogP contribution in [-0.2, 0) is 9.59 Å². The van der Waals surface area contributed by atoms with Gasteiger partial charge in [-0.3, -0.25) is 9.59 Å². The van der Waals surface area contributed by atoms with Crippen molar-refractivity contribution in [3.8, 4) is 0 Å². The van der Waals surface area contributed by atoms with Crippen LogP contribution in [0.2, 0.25) is 0 Å². The molecule has 92 valence electrons. The third kappa shape index (κ3) is 4.85. The third-order valence-electron chi connectivity index (χ3n) is 2.66. The third-order valence-corrected chi connectivity index (χ3v) is 3.71. The van der Waals surface area contributed by atoms with Gasteiger partial charge in [0.05, 0.1) is 12.5 Å². The maximum absolute atomic E-state index is 11.5. The van der Waals surface area contributed by atoms with Gasteiger partial charge in [-0.15, -0.1) is 0 Å². The van der Waals surface area contributed by atoms with Crippen LogP contribution in [0.25, 0.3) is 0 Å². The highest BCUT2D eigenvalue weighted by Crippen LogP contribution is 2.21. The normalized spacial score (nSPS) is 19.1. The van der Waals surface area contributed by atoms with Crippen LogP contribution in [0.15, 0.2) is 0 Å². The van der Waals surface area contributed by atoms with Crippen molar-refractivity contribution in [1.82, 2.24) is 5.32 Å². The van der Waals surface area contributed by atoms with E-state index < -0.39 is 11.9 Å². The molecular weight excluding hydrogens is 226 g/mol. The molecule has 0 radical (unpaired) electrons. The van der Waals surface area contributed by atoms with Crippen molar-refractivity contribution in [2.75, 3.05) is 18.1 Å². The highest BCUT2D eigenvalue weighted by atomic mass is 32.2. The van der Waals surface area contributed by atoms with E-state index >= 15 is 0 Å². The van der Waals surface area contributed by atoms with Gasteiger partial charge in [0, 0.05) is 6.54 Å². The van der Waals surface area contributed by atoms with E-state index in [2.05, 4.69) is 5.32 Å². The second kappa shape index (κ2) is 6.75. The Morgan fingerprint density at radius 1 is 1.38 bits per heavy atom. The summed E-state index contributed by atoms with van der Waals surface area (Å²) in [5.41, 5.74) is 10.5. The Bertz CT molecular complexity index is 254. The fourth-order valence-electron chi connectivity index (χ4n) is 1.64. The number of nitrogens with two attached hydrogens (primary N) is 2. The van der Waals surface area contributed by atoms with E-state index in [9.17, 15) is 9.59 Å². The molecule has 0 spiro atoms. The summed E-state index contributed by atoms with van der Waals surface area (Å²) in [7, 11) is 0. The van der Waals surface area contributed by atoms with E-state index in [1.54, 1.807) is 0 Å². The van der Waals surface area contributed by atoms with Crippen LogP contribution in [0, 0.1) is 5.92 Å². The number of carbonyl (C=O) groups is 2. The first-order valence-electron chi connectivity index (χ1n) is 5.49. The monoisotopic (exact) mass is 245 g/mol.